The molecule has 11 nitrogen and oxygen atoms in total. The minimum absolute atomic E-state index is 0.198. The summed E-state index contributed by atoms with van der Waals surface area (Å²) in [5, 5.41) is 22.6. The lowest BCUT2D eigenvalue weighted by Crippen LogP contribution is -2.67. The van der Waals surface area contributed by atoms with Crippen LogP contribution in [-0.2, 0) is 38.1 Å². The van der Waals surface area contributed by atoms with Crippen molar-refractivity contribution in [3.8, 4) is 0 Å². The largest absolute Gasteiger partial charge is 0.466 e. The van der Waals surface area contributed by atoms with E-state index in [0.29, 0.717) is 0 Å². The summed E-state index contributed by atoms with van der Waals surface area (Å²) in [6, 6.07) is -1.12. The Morgan fingerprint density at radius 2 is 1.79 bits per heavy atom. The first-order valence-corrected chi connectivity index (χ1v) is 12.3. The average Bonchev–Trinajstić information content (AvgIpc) is 2.69. The van der Waals surface area contributed by atoms with Crippen LogP contribution in [-0.4, -0.2) is 87.9 Å². The fourth-order valence-electron chi connectivity index (χ4n) is 3.18. The number of ether oxygens (including phenoxy) is 4. The molecule has 1 heterocycles. The second kappa shape index (κ2) is 12.2. The molecule has 1 saturated heterocycles. The number of carbonyl (C=O) groups excluding carboxylic acids is 4. The molecule has 13 heteroatoms. The van der Waals surface area contributed by atoms with Crippen LogP contribution in [0.1, 0.15) is 48.0 Å². The van der Waals surface area contributed by atoms with Crippen molar-refractivity contribution in [2.24, 2.45) is 0 Å². The standard InChI is InChI=1S/C20H33NO10S2/c1-10(23)21-15-14(29-11(2)24)8-20(18(27)28-7,33-32-19(4,5)6)31-17(15)16(13(26)9-22)30-12(3)25/h13-17,22,26H,8-9H2,1-7H3,(H,21,23)/t13-,14+,15-,16-,17-,20+/m1/s1. The fraction of sp³-hybridized carbons (Fsp3) is 0.800. The lowest BCUT2D eigenvalue weighted by molar-refractivity contribution is -0.219. The van der Waals surface area contributed by atoms with E-state index in [0.717, 1.165) is 31.8 Å². The van der Waals surface area contributed by atoms with Crippen LogP contribution in [0.5, 0.6) is 0 Å². The van der Waals surface area contributed by atoms with E-state index in [2.05, 4.69) is 5.32 Å². The highest BCUT2D eigenvalue weighted by molar-refractivity contribution is 8.77. The lowest BCUT2D eigenvalue weighted by atomic mass is 9.89. The summed E-state index contributed by atoms with van der Waals surface area (Å²) in [5.41, 5.74) is 0. The van der Waals surface area contributed by atoms with Crippen molar-refractivity contribution in [3.05, 3.63) is 0 Å². The Bertz CT molecular complexity index is 728. The first-order valence-electron chi connectivity index (χ1n) is 10.2. The summed E-state index contributed by atoms with van der Waals surface area (Å²) in [6.45, 7) is 8.41. The molecule has 0 aromatic carbocycles. The Morgan fingerprint density at radius 1 is 1.18 bits per heavy atom. The molecule has 0 aromatic rings. The van der Waals surface area contributed by atoms with Gasteiger partial charge in [0.05, 0.1) is 19.8 Å². The molecule has 190 valence electrons. The van der Waals surface area contributed by atoms with Gasteiger partial charge >= 0.3 is 17.9 Å². The van der Waals surface area contributed by atoms with Crippen molar-refractivity contribution < 1.29 is 48.3 Å². The zero-order valence-corrected chi connectivity index (χ0v) is 21.4. The summed E-state index contributed by atoms with van der Waals surface area (Å²) in [6.07, 6.45) is -5.82. The van der Waals surface area contributed by atoms with Crippen molar-refractivity contribution in [3.63, 3.8) is 0 Å². The summed E-state index contributed by atoms with van der Waals surface area (Å²) in [5.74, 6) is -2.80. The van der Waals surface area contributed by atoms with Gasteiger partial charge in [0.25, 0.3) is 0 Å². The van der Waals surface area contributed by atoms with Gasteiger partial charge in [-0.25, -0.2) is 4.79 Å². The number of amides is 1. The molecule has 0 radical (unpaired) electrons. The molecule has 1 aliphatic heterocycles. The van der Waals surface area contributed by atoms with Crippen LogP contribution in [0.15, 0.2) is 0 Å². The van der Waals surface area contributed by atoms with Crippen LogP contribution in [0.4, 0.5) is 0 Å². The van der Waals surface area contributed by atoms with Crippen LogP contribution in [0.3, 0.4) is 0 Å². The third kappa shape index (κ3) is 8.63. The third-order valence-corrected chi connectivity index (χ3v) is 8.19. The molecular formula is C20H33NO10S2. The first-order chi connectivity index (χ1) is 15.2. The maximum atomic E-state index is 13.0. The topological polar surface area (TPSA) is 158 Å². The molecule has 1 fully saturated rings. The van der Waals surface area contributed by atoms with Gasteiger partial charge < -0.3 is 34.5 Å². The second-order valence-electron chi connectivity index (χ2n) is 8.51. The highest BCUT2D eigenvalue weighted by Gasteiger charge is 2.58. The summed E-state index contributed by atoms with van der Waals surface area (Å²) >= 11 is 0. The quantitative estimate of drug-likeness (QED) is 0.225. The van der Waals surface area contributed by atoms with E-state index in [9.17, 15) is 29.4 Å². The van der Waals surface area contributed by atoms with E-state index in [1.54, 1.807) is 0 Å². The number of hydrogen-bond acceptors (Lipinski definition) is 12. The van der Waals surface area contributed by atoms with E-state index in [1.165, 1.54) is 17.7 Å². The molecule has 1 rings (SSSR count). The fourth-order valence-corrected chi connectivity index (χ4v) is 5.78. The molecule has 0 aromatic heterocycles. The van der Waals surface area contributed by atoms with Crippen LogP contribution in [0.25, 0.3) is 0 Å². The highest BCUT2D eigenvalue weighted by Crippen LogP contribution is 2.50. The maximum absolute atomic E-state index is 13.0. The van der Waals surface area contributed by atoms with Gasteiger partial charge in [0.2, 0.25) is 10.8 Å². The predicted octanol–water partition coefficient (Wildman–Crippen LogP) is 0.546. The molecule has 0 bridgehead atoms. The number of hydrogen-bond donors (Lipinski definition) is 3. The van der Waals surface area contributed by atoms with Gasteiger partial charge in [0.15, 0.2) is 6.10 Å². The van der Waals surface area contributed by atoms with Crippen molar-refractivity contribution in [1.82, 2.24) is 5.32 Å². The predicted molar refractivity (Wildman–Crippen MR) is 121 cm³/mol. The van der Waals surface area contributed by atoms with E-state index in [1.807, 2.05) is 20.8 Å². The van der Waals surface area contributed by atoms with E-state index >= 15 is 0 Å². The van der Waals surface area contributed by atoms with Crippen molar-refractivity contribution in [2.45, 2.75) is 88.1 Å². The lowest BCUT2D eigenvalue weighted by Gasteiger charge is -2.48. The second-order valence-corrected chi connectivity index (χ2v) is 11.7. The minimum atomic E-state index is -1.75. The normalized spacial score (nSPS) is 27.1. The molecule has 33 heavy (non-hydrogen) atoms. The number of aliphatic hydroxyl groups excluding tert-OH is 2. The van der Waals surface area contributed by atoms with Crippen LogP contribution >= 0.6 is 21.6 Å². The molecule has 0 unspecified atom stereocenters. The van der Waals surface area contributed by atoms with E-state index in [-0.39, 0.29) is 11.2 Å². The SMILES string of the molecule is COC(=O)[C@@]1(SSC(C)(C)C)C[C@H](OC(C)=O)[C@@H](NC(C)=O)[C@H]([C@H](OC(C)=O)[C@H](O)CO)O1. The Labute approximate surface area is 201 Å². The molecule has 3 N–H and O–H groups in total. The molecule has 6 atom stereocenters. The Hall–Kier alpha value is -1.54. The number of methoxy groups -OCH3 is 1. The number of rotatable bonds is 9. The monoisotopic (exact) mass is 511 g/mol. The third-order valence-electron chi connectivity index (χ3n) is 4.35. The van der Waals surface area contributed by atoms with Crippen LogP contribution in [0, 0.1) is 0 Å². The Balaban J connectivity index is 3.64. The van der Waals surface area contributed by atoms with Gasteiger partial charge in [0, 0.05) is 31.9 Å². The van der Waals surface area contributed by atoms with Gasteiger partial charge in [-0.2, -0.15) is 0 Å². The van der Waals surface area contributed by atoms with Gasteiger partial charge in [-0.15, -0.1) is 0 Å². The van der Waals surface area contributed by atoms with E-state index in [4.69, 9.17) is 18.9 Å². The number of carbonyl (C=O) groups is 4. The van der Waals surface area contributed by atoms with Crippen LogP contribution < -0.4 is 5.32 Å². The molecule has 0 aliphatic carbocycles. The average molecular weight is 512 g/mol. The summed E-state index contributed by atoms with van der Waals surface area (Å²) < 4.78 is 21.5. The number of nitrogens with one attached hydrogen (secondary N) is 1. The highest BCUT2D eigenvalue weighted by atomic mass is 33.1. The molecule has 1 aliphatic rings. The van der Waals surface area contributed by atoms with Gasteiger partial charge in [0.1, 0.15) is 18.3 Å². The Kier molecular flexibility index (Phi) is 10.9. The van der Waals surface area contributed by atoms with Crippen LogP contribution in [0.2, 0.25) is 0 Å². The van der Waals surface area contributed by atoms with Crippen molar-refractivity contribution in [2.75, 3.05) is 13.7 Å². The Morgan fingerprint density at radius 3 is 2.21 bits per heavy atom. The van der Waals surface area contributed by atoms with E-state index < -0.39 is 65.8 Å². The van der Waals surface area contributed by atoms with Crippen molar-refractivity contribution in [1.29, 1.82) is 0 Å². The van der Waals surface area contributed by atoms with Gasteiger partial charge in [-0.3, -0.25) is 14.4 Å². The maximum Gasteiger partial charge on any atom is 0.349 e. The smallest absolute Gasteiger partial charge is 0.349 e. The zero-order chi connectivity index (χ0) is 25.6. The summed E-state index contributed by atoms with van der Waals surface area (Å²) in [7, 11) is 3.50. The first kappa shape index (κ1) is 29.5. The van der Waals surface area contributed by atoms with Gasteiger partial charge in [-0.1, -0.05) is 31.6 Å². The van der Waals surface area contributed by atoms with Crippen molar-refractivity contribution >= 4 is 45.4 Å². The van der Waals surface area contributed by atoms with Gasteiger partial charge in [-0.05, 0) is 10.8 Å². The summed E-state index contributed by atoms with van der Waals surface area (Å²) in [4.78, 5) is 46.8. The molecule has 1 amide bonds. The zero-order valence-electron chi connectivity index (χ0n) is 19.8. The molecular weight excluding hydrogens is 478 g/mol. The number of esters is 3. The molecule has 0 saturated carbocycles. The molecule has 0 spiro atoms. The minimum Gasteiger partial charge on any atom is -0.466 e. The number of aliphatic hydroxyl groups is 2.